The van der Waals surface area contributed by atoms with E-state index in [4.69, 9.17) is 26.8 Å². The number of nitrogens with zero attached hydrogens (tertiary/aromatic N) is 2. The molecule has 1 saturated carbocycles. The molecule has 1 heterocycles. The molecule has 0 amide bonds. The number of rotatable bonds is 5. The first-order valence-electron chi connectivity index (χ1n) is 7.77. The van der Waals surface area contributed by atoms with Crippen LogP contribution in [0.1, 0.15) is 25.3 Å². The highest BCUT2D eigenvalue weighted by Gasteiger charge is 2.97. The molecule has 0 unspecified atom stereocenters. The van der Waals surface area contributed by atoms with Crippen molar-refractivity contribution in [2.75, 3.05) is 13.2 Å². The minimum atomic E-state index is -1.48. The third-order valence-electron chi connectivity index (χ3n) is 4.91. The van der Waals surface area contributed by atoms with Gasteiger partial charge in [0, 0.05) is 10.9 Å². The van der Waals surface area contributed by atoms with Gasteiger partial charge in [0.1, 0.15) is 0 Å². The van der Waals surface area contributed by atoms with E-state index in [-0.39, 0.29) is 5.84 Å². The molecule has 0 aromatic heterocycles. The third kappa shape index (κ3) is 1.63. The van der Waals surface area contributed by atoms with E-state index >= 15 is 0 Å². The number of benzene rings is 1. The average molecular weight is 346 g/mol. The fraction of sp³-hybridized carbons (Fsp3) is 0.471. The van der Waals surface area contributed by atoms with E-state index in [9.17, 15) is 10.5 Å². The Hall–Kier alpha value is -2.12. The number of fused-ring (bicyclic) bond motifs is 1. The minimum absolute atomic E-state index is 0.179. The fourth-order valence-electron chi connectivity index (χ4n) is 4.03. The molecular formula is C17H18ClN4O2+. The largest absolute Gasteiger partial charge is 0.343 e. The van der Waals surface area contributed by atoms with Crippen LogP contribution in [-0.2, 0) is 9.47 Å². The summed E-state index contributed by atoms with van der Waals surface area (Å²) in [5, 5.41) is 20.5. The first-order chi connectivity index (χ1) is 11.5. The maximum absolute atomic E-state index is 10.1. The zero-order chi connectivity index (χ0) is 17.6. The zero-order valence-corrected chi connectivity index (χ0v) is 14.2. The molecule has 24 heavy (non-hydrogen) atoms. The Bertz CT molecular complexity index is 791. The molecule has 1 fully saturated rings. The summed E-state index contributed by atoms with van der Waals surface area (Å²) in [5.41, 5.74) is 4.30. The van der Waals surface area contributed by atoms with Crippen molar-refractivity contribution in [1.29, 1.82) is 10.5 Å². The normalized spacial score (nSPS) is 32.4. The number of hydrogen-bond acceptors (Lipinski definition) is 5. The van der Waals surface area contributed by atoms with Crippen LogP contribution in [-0.4, -0.2) is 25.0 Å². The summed E-state index contributed by atoms with van der Waals surface area (Å²) < 4.78 is 11.6. The average Bonchev–Trinajstić information content (AvgIpc) is 3.14. The van der Waals surface area contributed by atoms with Gasteiger partial charge in [0.25, 0.3) is 5.84 Å². The lowest BCUT2D eigenvalue weighted by atomic mass is 9.93. The van der Waals surface area contributed by atoms with Crippen LogP contribution in [0.3, 0.4) is 0 Å². The molecule has 1 aliphatic carbocycles. The molecule has 1 aromatic rings. The van der Waals surface area contributed by atoms with Crippen molar-refractivity contribution in [3.63, 3.8) is 0 Å². The van der Waals surface area contributed by atoms with Gasteiger partial charge in [-0.1, -0.05) is 29.8 Å². The van der Waals surface area contributed by atoms with Gasteiger partial charge < -0.3 is 9.47 Å². The maximum Gasteiger partial charge on any atom is 0.343 e. The van der Waals surface area contributed by atoms with Crippen LogP contribution in [0.25, 0.3) is 0 Å². The molecular weight excluding hydrogens is 328 g/mol. The van der Waals surface area contributed by atoms with Crippen LogP contribution in [0.5, 0.6) is 0 Å². The lowest BCUT2D eigenvalue weighted by Gasteiger charge is -2.29. The van der Waals surface area contributed by atoms with E-state index in [2.05, 4.69) is 17.1 Å². The Morgan fingerprint density at radius 3 is 2.33 bits per heavy atom. The quantitative estimate of drug-likeness (QED) is 0.761. The number of hydrogen-bond donors (Lipinski definition) is 2. The van der Waals surface area contributed by atoms with Crippen LogP contribution in [0.4, 0.5) is 0 Å². The Morgan fingerprint density at radius 2 is 1.83 bits per heavy atom. The molecule has 1 aromatic carbocycles. The number of halogens is 1. The van der Waals surface area contributed by atoms with Gasteiger partial charge in [-0.05, 0) is 25.5 Å². The molecule has 6 nitrogen and oxygen atoms in total. The Kier molecular flexibility index (Phi) is 3.80. The second-order valence-corrected chi connectivity index (χ2v) is 6.22. The highest BCUT2D eigenvalue weighted by Crippen LogP contribution is 2.79. The molecule has 3 rings (SSSR count). The third-order valence-corrected chi connectivity index (χ3v) is 5.26. The Morgan fingerprint density at radius 1 is 1.21 bits per heavy atom. The molecule has 0 bridgehead atoms. The van der Waals surface area contributed by atoms with Gasteiger partial charge in [-0.3, -0.25) is 5.73 Å². The van der Waals surface area contributed by atoms with E-state index in [0.717, 1.165) is 0 Å². The van der Waals surface area contributed by atoms with Crippen molar-refractivity contribution in [3.05, 3.63) is 34.9 Å². The van der Waals surface area contributed by atoms with Gasteiger partial charge >= 0.3 is 5.91 Å². The fourth-order valence-corrected chi connectivity index (χ4v) is 4.27. The van der Waals surface area contributed by atoms with Crippen LogP contribution in [0.2, 0.25) is 5.02 Å². The topological polar surface area (TPSA) is 106 Å². The van der Waals surface area contributed by atoms with Gasteiger partial charge in [-0.25, -0.2) is 4.99 Å². The van der Waals surface area contributed by atoms with Gasteiger partial charge in [0.15, 0.2) is 10.8 Å². The summed E-state index contributed by atoms with van der Waals surface area (Å²) in [7, 11) is 0. The second kappa shape index (κ2) is 5.46. The molecule has 2 aliphatic rings. The van der Waals surface area contributed by atoms with E-state index < -0.39 is 22.7 Å². The smallest absolute Gasteiger partial charge is 0.314 e. The predicted molar refractivity (Wildman–Crippen MR) is 86.4 cm³/mol. The number of ether oxygens (including phenoxy) is 2. The van der Waals surface area contributed by atoms with Crippen molar-refractivity contribution >= 4 is 17.4 Å². The van der Waals surface area contributed by atoms with Gasteiger partial charge in [-0.15, -0.1) is 0 Å². The van der Waals surface area contributed by atoms with Crippen LogP contribution >= 0.6 is 11.6 Å². The summed E-state index contributed by atoms with van der Waals surface area (Å²) in [6.45, 7) is 4.17. The van der Waals surface area contributed by atoms with Crippen molar-refractivity contribution in [2.24, 2.45) is 16.6 Å². The molecule has 7 heteroatoms. The number of nitriles is 2. The zero-order valence-electron chi connectivity index (χ0n) is 13.5. The van der Waals surface area contributed by atoms with E-state index in [0.29, 0.717) is 23.8 Å². The van der Waals surface area contributed by atoms with Crippen LogP contribution < -0.4 is 10.7 Å². The highest BCUT2D eigenvalue weighted by molar-refractivity contribution is 6.31. The summed E-state index contributed by atoms with van der Waals surface area (Å²) in [4.78, 5) is 2.93. The predicted octanol–water partition coefficient (Wildman–Crippen LogP) is 0.635. The van der Waals surface area contributed by atoms with E-state index in [1.54, 1.807) is 32.0 Å². The SMILES string of the molecule is CCOC1(OCC)[NH+]=C(N)[C@@]2(C#N)[C@H](c3ccccc3Cl)[C@@]12C#N. The summed E-state index contributed by atoms with van der Waals surface area (Å²) >= 11 is 6.33. The van der Waals surface area contributed by atoms with Gasteiger partial charge in [0.05, 0.1) is 25.4 Å². The first kappa shape index (κ1) is 16.7. The van der Waals surface area contributed by atoms with Crippen molar-refractivity contribution in [1.82, 2.24) is 0 Å². The molecule has 0 spiro atoms. The first-order valence-corrected chi connectivity index (χ1v) is 8.15. The Balaban J connectivity index is 2.25. The summed E-state index contributed by atoms with van der Waals surface area (Å²) in [5.74, 6) is -1.83. The van der Waals surface area contributed by atoms with Crippen molar-refractivity contribution in [3.8, 4) is 12.1 Å². The summed E-state index contributed by atoms with van der Waals surface area (Å²) in [6, 6.07) is 11.7. The second-order valence-electron chi connectivity index (χ2n) is 5.82. The van der Waals surface area contributed by atoms with Crippen LogP contribution in [0.15, 0.2) is 24.3 Å². The van der Waals surface area contributed by atoms with Crippen LogP contribution in [0, 0.1) is 33.5 Å². The standard InChI is InChI=1S/C17H17ClN4O2/c1-3-23-17(24-4-2)16(10-20)13(11-7-5-6-8-12(11)18)15(16,9-19)14(21)22-17/h5-8,13H,3-4H2,1-2H3,(H2,21,22)/p+1/t13-,15+,16+/m0/s1. The monoisotopic (exact) mass is 345 g/mol. The molecule has 0 radical (unpaired) electrons. The lowest BCUT2D eigenvalue weighted by molar-refractivity contribution is -0.693. The van der Waals surface area contributed by atoms with E-state index in [1.807, 2.05) is 6.07 Å². The maximum atomic E-state index is 10.1. The Labute approximate surface area is 145 Å². The molecule has 1 aliphatic heterocycles. The molecule has 124 valence electrons. The van der Waals surface area contributed by atoms with Gasteiger partial charge in [-0.2, -0.15) is 10.5 Å². The van der Waals surface area contributed by atoms with Crippen molar-refractivity contribution in [2.45, 2.75) is 25.7 Å². The highest BCUT2D eigenvalue weighted by atomic mass is 35.5. The van der Waals surface area contributed by atoms with Crippen molar-refractivity contribution < 1.29 is 14.5 Å². The molecule has 3 N–H and O–H groups in total. The number of amidine groups is 1. The lowest BCUT2D eigenvalue weighted by Crippen LogP contribution is -2.91. The molecule has 0 saturated heterocycles. The minimum Gasteiger partial charge on any atom is -0.314 e. The molecule has 3 atom stereocenters. The van der Waals surface area contributed by atoms with E-state index in [1.165, 1.54) is 0 Å². The van der Waals surface area contributed by atoms with Gasteiger partial charge in [0.2, 0.25) is 0 Å². The summed E-state index contributed by atoms with van der Waals surface area (Å²) in [6.07, 6.45) is 0. The number of nitrogens with two attached hydrogens (primary N) is 1. The number of nitrogens with one attached hydrogen (secondary N) is 1.